The zero-order valence-electron chi connectivity index (χ0n) is 17.1. The van der Waals surface area contributed by atoms with Crippen LogP contribution in [-0.4, -0.2) is 26.0 Å². The fourth-order valence-electron chi connectivity index (χ4n) is 3.45. The lowest BCUT2D eigenvalue weighted by Crippen LogP contribution is -2.41. The van der Waals surface area contributed by atoms with Crippen LogP contribution in [0, 0.1) is 13.8 Å². The molecule has 1 amide bonds. The first-order chi connectivity index (χ1) is 14.5. The molecule has 8 heteroatoms. The molecule has 0 spiro atoms. The Hall–Kier alpha value is -2.51. The predicted octanol–water partition coefficient (Wildman–Crippen LogP) is 4.90. The molecular formula is C22H24ClN5OS. The third kappa shape index (κ3) is 4.04. The molecule has 6 nitrogen and oxygen atoms in total. The smallest absolute Gasteiger partial charge is 0.240 e. The van der Waals surface area contributed by atoms with Crippen molar-refractivity contribution in [2.24, 2.45) is 0 Å². The molecule has 2 heterocycles. The van der Waals surface area contributed by atoms with E-state index in [0.29, 0.717) is 10.2 Å². The van der Waals surface area contributed by atoms with Crippen LogP contribution in [0.4, 0.5) is 5.69 Å². The van der Waals surface area contributed by atoms with Crippen LogP contribution >= 0.6 is 23.4 Å². The second kappa shape index (κ2) is 8.70. The summed E-state index contributed by atoms with van der Waals surface area (Å²) in [5.74, 6) is 0.774. The fraction of sp³-hybridized carbons (Fsp3) is 0.318. The van der Waals surface area contributed by atoms with E-state index < -0.39 is 5.25 Å². The van der Waals surface area contributed by atoms with Crippen LogP contribution < -0.4 is 10.7 Å². The maximum atomic E-state index is 13.4. The quantitative estimate of drug-likeness (QED) is 0.589. The number of thioether (sulfide) groups is 1. The van der Waals surface area contributed by atoms with E-state index in [1.165, 1.54) is 17.3 Å². The van der Waals surface area contributed by atoms with Gasteiger partial charge in [0.1, 0.15) is 5.25 Å². The van der Waals surface area contributed by atoms with Crippen LogP contribution in [0.3, 0.4) is 0 Å². The number of carbonyl (C=O) groups excluding carboxylic acids is 1. The van der Waals surface area contributed by atoms with Gasteiger partial charge in [-0.1, -0.05) is 66.2 Å². The third-order valence-electron chi connectivity index (χ3n) is 5.20. The Morgan fingerprint density at radius 3 is 2.70 bits per heavy atom. The molecule has 2 atom stereocenters. The zero-order chi connectivity index (χ0) is 21.3. The average molecular weight is 442 g/mol. The Kier molecular flexibility index (Phi) is 6.01. The zero-order valence-corrected chi connectivity index (χ0v) is 18.7. The van der Waals surface area contributed by atoms with Crippen molar-refractivity contribution in [1.29, 1.82) is 0 Å². The van der Waals surface area contributed by atoms with Crippen molar-refractivity contribution in [2.45, 2.75) is 50.1 Å². The number of amides is 1. The first-order valence-corrected chi connectivity index (χ1v) is 11.2. The van der Waals surface area contributed by atoms with Gasteiger partial charge in [0.15, 0.2) is 5.82 Å². The van der Waals surface area contributed by atoms with Crippen molar-refractivity contribution in [3.05, 3.63) is 70.0 Å². The van der Waals surface area contributed by atoms with Crippen molar-refractivity contribution < 1.29 is 4.79 Å². The standard InChI is InChI=1S/C22H24ClN5OS/c1-4-6-18-25-26-22-28(18)27-19(15-11-9-13(2)10-12-15)20(30-22)21(29)24-17-8-5-7-16(23)14(17)3/h5,7-12,19-20,27H,4,6H2,1-3H3,(H,24,29)/t19-,20+/m0/s1. The molecule has 156 valence electrons. The van der Waals surface area contributed by atoms with Gasteiger partial charge in [0.2, 0.25) is 11.1 Å². The van der Waals surface area contributed by atoms with E-state index in [1.807, 2.05) is 29.8 Å². The lowest BCUT2D eigenvalue weighted by molar-refractivity contribution is -0.116. The van der Waals surface area contributed by atoms with Gasteiger partial charge in [0.25, 0.3) is 0 Å². The van der Waals surface area contributed by atoms with Gasteiger partial charge >= 0.3 is 0 Å². The van der Waals surface area contributed by atoms with Gasteiger partial charge in [0, 0.05) is 17.1 Å². The summed E-state index contributed by atoms with van der Waals surface area (Å²) in [6.07, 6.45) is 1.79. The third-order valence-corrected chi connectivity index (χ3v) is 6.82. The molecule has 3 aromatic rings. The summed E-state index contributed by atoms with van der Waals surface area (Å²) < 4.78 is 1.92. The van der Waals surface area contributed by atoms with Gasteiger partial charge in [-0.05, 0) is 43.5 Å². The van der Waals surface area contributed by atoms with Crippen molar-refractivity contribution >= 4 is 35.0 Å². The minimum Gasteiger partial charge on any atom is -0.325 e. The summed E-state index contributed by atoms with van der Waals surface area (Å²) in [5.41, 5.74) is 7.27. The predicted molar refractivity (Wildman–Crippen MR) is 122 cm³/mol. The number of hydrogen-bond acceptors (Lipinski definition) is 5. The molecule has 0 unspecified atom stereocenters. The Morgan fingerprint density at radius 1 is 1.20 bits per heavy atom. The number of aromatic nitrogens is 3. The van der Waals surface area contributed by atoms with E-state index in [2.05, 4.69) is 59.1 Å². The van der Waals surface area contributed by atoms with Crippen LogP contribution in [0.15, 0.2) is 47.6 Å². The molecule has 2 aromatic carbocycles. The van der Waals surface area contributed by atoms with Gasteiger partial charge < -0.3 is 10.7 Å². The molecule has 0 saturated carbocycles. The molecule has 0 aliphatic carbocycles. The summed E-state index contributed by atoms with van der Waals surface area (Å²) in [4.78, 5) is 13.4. The number of nitrogens with zero attached hydrogens (tertiary/aromatic N) is 3. The van der Waals surface area contributed by atoms with Crippen LogP contribution in [0.2, 0.25) is 5.02 Å². The first kappa shape index (κ1) is 20.8. The van der Waals surface area contributed by atoms with E-state index in [4.69, 9.17) is 11.6 Å². The number of benzene rings is 2. The van der Waals surface area contributed by atoms with Gasteiger partial charge in [-0.15, -0.1) is 10.2 Å². The van der Waals surface area contributed by atoms with Gasteiger partial charge in [-0.25, -0.2) is 4.68 Å². The van der Waals surface area contributed by atoms with E-state index in [0.717, 1.165) is 35.5 Å². The summed E-state index contributed by atoms with van der Waals surface area (Å²) in [7, 11) is 0. The van der Waals surface area contributed by atoms with Crippen molar-refractivity contribution in [1.82, 2.24) is 14.9 Å². The minimum absolute atomic E-state index is 0.102. The second-order valence-electron chi connectivity index (χ2n) is 7.44. The molecule has 2 N–H and O–H groups in total. The average Bonchev–Trinajstić information content (AvgIpc) is 3.13. The number of aryl methyl sites for hydroxylation is 2. The Morgan fingerprint density at radius 2 is 1.97 bits per heavy atom. The topological polar surface area (TPSA) is 71.8 Å². The molecule has 1 aliphatic rings. The summed E-state index contributed by atoms with van der Waals surface area (Å²) >= 11 is 7.66. The number of hydrogen-bond donors (Lipinski definition) is 2. The maximum absolute atomic E-state index is 13.4. The highest BCUT2D eigenvalue weighted by Crippen LogP contribution is 2.38. The molecular weight excluding hydrogens is 418 g/mol. The fourth-order valence-corrected chi connectivity index (χ4v) is 4.73. The largest absolute Gasteiger partial charge is 0.325 e. The Labute approximate surface area is 185 Å². The van der Waals surface area contributed by atoms with Gasteiger partial charge in [-0.3, -0.25) is 4.79 Å². The van der Waals surface area contributed by atoms with Crippen LogP contribution in [-0.2, 0) is 11.2 Å². The molecule has 1 aromatic heterocycles. The number of fused-ring (bicyclic) bond motifs is 1. The molecule has 1 aliphatic heterocycles. The number of nitrogens with one attached hydrogen (secondary N) is 2. The lowest BCUT2D eigenvalue weighted by atomic mass is 10.0. The van der Waals surface area contributed by atoms with E-state index in [9.17, 15) is 4.79 Å². The molecule has 4 rings (SSSR count). The molecule has 0 radical (unpaired) electrons. The number of carbonyl (C=O) groups is 1. The van der Waals surface area contributed by atoms with Crippen molar-refractivity contribution in [2.75, 3.05) is 10.7 Å². The lowest BCUT2D eigenvalue weighted by Gasteiger charge is -2.33. The highest BCUT2D eigenvalue weighted by atomic mass is 35.5. The SMILES string of the molecule is CCCc1nnc2n1N[C@@H](c1ccc(C)cc1)[C@H](C(=O)Nc1cccc(Cl)c1C)S2. The van der Waals surface area contributed by atoms with Crippen molar-refractivity contribution in [3.8, 4) is 0 Å². The summed E-state index contributed by atoms with van der Waals surface area (Å²) in [6.45, 7) is 6.06. The first-order valence-electron chi connectivity index (χ1n) is 9.98. The van der Waals surface area contributed by atoms with Crippen molar-refractivity contribution in [3.63, 3.8) is 0 Å². The second-order valence-corrected chi connectivity index (χ2v) is 8.96. The van der Waals surface area contributed by atoms with E-state index in [1.54, 1.807) is 0 Å². The molecule has 0 saturated heterocycles. The summed E-state index contributed by atoms with van der Waals surface area (Å²) in [5, 5.41) is 12.6. The number of halogens is 1. The van der Waals surface area contributed by atoms with Gasteiger partial charge in [0.05, 0.1) is 6.04 Å². The maximum Gasteiger partial charge on any atom is 0.240 e. The van der Waals surface area contributed by atoms with E-state index in [-0.39, 0.29) is 11.9 Å². The van der Waals surface area contributed by atoms with Crippen LogP contribution in [0.25, 0.3) is 0 Å². The molecule has 30 heavy (non-hydrogen) atoms. The highest BCUT2D eigenvalue weighted by molar-refractivity contribution is 8.00. The number of anilines is 1. The Bertz CT molecular complexity index is 1070. The normalized spacial score (nSPS) is 17.9. The minimum atomic E-state index is -0.419. The van der Waals surface area contributed by atoms with Crippen LogP contribution in [0.5, 0.6) is 0 Å². The van der Waals surface area contributed by atoms with Crippen LogP contribution in [0.1, 0.15) is 41.9 Å². The molecule has 0 fully saturated rings. The highest BCUT2D eigenvalue weighted by Gasteiger charge is 2.37. The molecule has 0 bridgehead atoms. The monoisotopic (exact) mass is 441 g/mol. The number of rotatable bonds is 5. The van der Waals surface area contributed by atoms with E-state index >= 15 is 0 Å². The van der Waals surface area contributed by atoms with Gasteiger partial charge in [-0.2, -0.15) is 0 Å². The summed E-state index contributed by atoms with van der Waals surface area (Å²) in [6, 6.07) is 13.5. The Balaban J connectivity index is 1.68.